The van der Waals surface area contributed by atoms with Gasteiger partial charge in [-0.3, -0.25) is 0 Å². The van der Waals surface area contributed by atoms with Crippen molar-refractivity contribution in [3.63, 3.8) is 0 Å². The van der Waals surface area contributed by atoms with E-state index in [-0.39, 0.29) is 11.9 Å². The normalized spacial score (nSPS) is 14.4. The third kappa shape index (κ3) is 8.81. The number of hydrogen-bond donors (Lipinski definition) is 2. The molecule has 0 saturated carbocycles. The van der Waals surface area contributed by atoms with Gasteiger partial charge in [-0.05, 0) is 49.9 Å². The zero-order chi connectivity index (χ0) is 15.7. The molecule has 0 fully saturated rings. The molecule has 4 heteroatoms. The Bertz CT molecular complexity index is 381. The van der Waals surface area contributed by atoms with Crippen LogP contribution in [0.3, 0.4) is 0 Å². The van der Waals surface area contributed by atoms with Crippen LogP contribution in [0.15, 0.2) is 24.3 Å². The number of ether oxygens (including phenoxy) is 1. The Morgan fingerprint density at radius 2 is 1.86 bits per heavy atom. The Hall–Kier alpha value is -0.970. The van der Waals surface area contributed by atoms with Crippen molar-refractivity contribution < 1.29 is 14.2 Å². The summed E-state index contributed by atoms with van der Waals surface area (Å²) in [5.74, 6) is 0.390. The fourth-order valence-electron chi connectivity index (χ4n) is 2.22. The van der Waals surface area contributed by atoms with Crippen LogP contribution in [0.2, 0.25) is 0 Å². The molecular weight excluding hydrogens is 269 g/mol. The van der Waals surface area contributed by atoms with E-state index in [1.807, 2.05) is 6.92 Å². The molecule has 2 N–H and O–H groups in total. The van der Waals surface area contributed by atoms with Crippen molar-refractivity contribution in [1.29, 1.82) is 0 Å². The minimum Gasteiger partial charge on any atom is -0.389 e. The number of aliphatic hydroxyl groups excluding tert-OH is 1. The van der Waals surface area contributed by atoms with Gasteiger partial charge in [-0.1, -0.05) is 26.0 Å². The summed E-state index contributed by atoms with van der Waals surface area (Å²) in [6, 6.07) is 6.50. The van der Waals surface area contributed by atoms with Crippen molar-refractivity contribution in [2.45, 2.75) is 45.8 Å². The summed E-state index contributed by atoms with van der Waals surface area (Å²) in [5.41, 5.74) is 1.08. The number of nitrogens with one attached hydrogen (secondary N) is 1. The van der Waals surface area contributed by atoms with Crippen molar-refractivity contribution in [2.24, 2.45) is 5.92 Å². The first-order chi connectivity index (χ1) is 9.97. The molecule has 1 aromatic rings. The predicted molar refractivity (Wildman–Crippen MR) is 83.8 cm³/mol. The summed E-state index contributed by atoms with van der Waals surface area (Å²) in [6.07, 6.45) is 1.51. The van der Waals surface area contributed by atoms with Crippen LogP contribution in [0, 0.1) is 11.7 Å². The molecule has 120 valence electrons. The summed E-state index contributed by atoms with van der Waals surface area (Å²) >= 11 is 0. The van der Waals surface area contributed by atoms with Crippen LogP contribution in [0.1, 0.15) is 32.8 Å². The van der Waals surface area contributed by atoms with E-state index in [0.29, 0.717) is 19.1 Å². The maximum atomic E-state index is 12.7. The highest BCUT2D eigenvalue weighted by molar-refractivity contribution is 5.16. The monoisotopic (exact) mass is 297 g/mol. The summed E-state index contributed by atoms with van der Waals surface area (Å²) in [7, 11) is 0. The van der Waals surface area contributed by atoms with E-state index in [1.54, 1.807) is 12.1 Å². The Morgan fingerprint density at radius 1 is 1.19 bits per heavy atom. The van der Waals surface area contributed by atoms with Crippen LogP contribution in [0.25, 0.3) is 0 Å². The zero-order valence-corrected chi connectivity index (χ0v) is 13.3. The van der Waals surface area contributed by atoms with Crippen molar-refractivity contribution in [3.05, 3.63) is 35.6 Å². The lowest BCUT2D eigenvalue weighted by Crippen LogP contribution is -2.32. The van der Waals surface area contributed by atoms with E-state index in [0.717, 1.165) is 24.9 Å². The summed E-state index contributed by atoms with van der Waals surface area (Å²) < 4.78 is 18.4. The molecule has 0 aliphatic carbocycles. The van der Waals surface area contributed by atoms with Crippen molar-refractivity contribution in [1.82, 2.24) is 5.32 Å². The third-order valence-corrected chi connectivity index (χ3v) is 3.26. The van der Waals surface area contributed by atoms with E-state index in [2.05, 4.69) is 19.2 Å². The molecular formula is C17H28FNO2. The van der Waals surface area contributed by atoms with Gasteiger partial charge in [0.1, 0.15) is 5.82 Å². The van der Waals surface area contributed by atoms with Gasteiger partial charge in [0.25, 0.3) is 0 Å². The van der Waals surface area contributed by atoms with E-state index in [1.165, 1.54) is 12.1 Å². The largest absolute Gasteiger partial charge is 0.389 e. The first kappa shape index (κ1) is 18.1. The maximum Gasteiger partial charge on any atom is 0.123 e. The highest BCUT2D eigenvalue weighted by Crippen LogP contribution is 2.07. The molecule has 0 spiro atoms. The number of rotatable bonds is 10. The van der Waals surface area contributed by atoms with Gasteiger partial charge in [-0.25, -0.2) is 4.39 Å². The Kier molecular flexibility index (Phi) is 8.50. The average Bonchev–Trinajstić information content (AvgIpc) is 2.42. The average molecular weight is 297 g/mol. The molecule has 1 aromatic carbocycles. The molecule has 0 heterocycles. The second-order valence-electron chi connectivity index (χ2n) is 6.01. The van der Waals surface area contributed by atoms with Crippen LogP contribution < -0.4 is 5.32 Å². The molecule has 3 nitrogen and oxygen atoms in total. The summed E-state index contributed by atoms with van der Waals surface area (Å²) in [6.45, 7) is 7.98. The number of aliphatic hydroxyl groups is 1. The van der Waals surface area contributed by atoms with Gasteiger partial charge in [-0.15, -0.1) is 0 Å². The Balaban J connectivity index is 2.07. The van der Waals surface area contributed by atoms with Gasteiger partial charge in [0.2, 0.25) is 0 Å². The lowest BCUT2D eigenvalue weighted by Gasteiger charge is -2.18. The second-order valence-corrected chi connectivity index (χ2v) is 6.01. The van der Waals surface area contributed by atoms with E-state index >= 15 is 0 Å². The molecule has 0 bridgehead atoms. The summed E-state index contributed by atoms with van der Waals surface area (Å²) in [4.78, 5) is 0. The van der Waals surface area contributed by atoms with Crippen LogP contribution in [0.5, 0.6) is 0 Å². The molecule has 2 atom stereocenters. The molecule has 1 rings (SSSR count). The van der Waals surface area contributed by atoms with E-state index in [9.17, 15) is 9.50 Å². The number of benzene rings is 1. The lowest BCUT2D eigenvalue weighted by molar-refractivity contribution is -0.00839. The molecule has 0 amide bonds. The third-order valence-electron chi connectivity index (χ3n) is 3.26. The standard InChI is InChI=1S/C17H28FNO2/c1-13(2)10-14(3)21-12-17(20)11-19-9-8-15-4-6-16(18)7-5-15/h4-7,13-14,17,19-20H,8-12H2,1-3H3. The lowest BCUT2D eigenvalue weighted by atomic mass is 10.1. The van der Waals surface area contributed by atoms with Crippen molar-refractivity contribution in [3.8, 4) is 0 Å². The SMILES string of the molecule is CC(C)CC(C)OCC(O)CNCCc1ccc(F)cc1. The van der Waals surface area contributed by atoms with Crippen LogP contribution in [0.4, 0.5) is 4.39 Å². The molecule has 0 aliphatic heterocycles. The quantitative estimate of drug-likeness (QED) is 0.653. The fourth-order valence-corrected chi connectivity index (χ4v) is 2.22. The van der Waals surface area contributed by atoms with Gasteiger partial charge < -0.3 is 15.2 Å². The van der Waals surface area contributed by atoms with E-state index < -0.39 is 6.10 Å². The van der Waals surface area contributed by atoms with Crippen LogP contribution in [-0.4, -0.2) is 37.0 Å². The van der Waals surface area contributed by atoms with Crippen LogP contribution >= 0.6 is 0 Å². The highest BCUT2D eigenvalue weighted by atomic mass is 19.1. The summed E-state index contributed by atoms with van der Waals surface area (Å²) in [5, 5.41) is 13.0. The van der Waals surface area contributed by atoms with Gasteiger partial charge in [-0.2, -0.15) is 0 Å². The first-order valence-electron chi connectivity index (χ1n) is 7.72. The molecule has 2 unspecified atom stereocenters. The zero-order valence-electron chi connectivity index (χ0n) is 13.3. The molecule has 0 aliphatic rings. The van der Waals surface area contributed by atoms with Crippen LogP contribution in [-0.2, 0) is 11.2 Å². The Labute approximate surface area is 127 Å². The van der Waals surface area contributed by atoms with Gasteiger partial charge in [0.05, 0.1) is 18.8 Å². The number of halogens is 1. The minimum atomic E-state index is -0.493. The van der Waals surface area contributed by atoms with Gasteiger partial charge >= 0.3 is 0 Å². The molecule has 0 radical (unpaired) electrons. The predicted octanol–water partition coefficient (Wildman–Crippen LogP) is 2.77. The first-order valence-corrected chi connectivity index (χ1v) is 7.72. The fraction of sp³-hybridized carbons (Fsp3) is 0.647. The highest BCUT2D eigenvalue weighted by Gasteiger charge is 2.09. The van der Waals surface area contributed by atoms with Gasteiger partial charge in [0, 0.05) is 6.54 Å². The van der Waals surface area contributed by atoms with Crippen molar-refractivity contribution >= 4 is 0 Å². The maximum absolute atomic E-state index is 12.7. The second kappa shape index (κ2) is 9.87. The molecule has 0 aromatic heterocycles. The minimum absolute atomic E-state index is 0.180. The molecule has 0 saturated heterocycles. The molecule has 21 heavy (non-hydrogen) atoms. The number of hydrogen-bond acceptors (Lipinski definition) is 3. The van der Waals surface area contributed by atoms with Crippen molar-refractivity contribution in [2.75, 3.05) is 19.7 Å². The Morgan fingerprint density at radius 3 is 2.48 bits per heavy atom. The van der Waals surface area contributed by atoms with E-state index in [4.69, 9.17) is 4.74 Å². The van der Waals surface area contributed by atoms with Gasteiger partial charge in [0.15, 0.2) is 0 Å². The smallest absolute Gasteiger partial charge is 0.123 e. The topological polar surface area (TPSA) is 41.5 Å².